The Labute approximate surface area is 181 Å². The Kier molecular flexibility index (Phi) is 6.24. The van der Waals surface area contributed by atoms with Gasteiger partial charge in [0.05, 0.1) is 11.7 Å². The molecule has 9 nitrogen and oxygen atoms in total. The lowest BCUT2D eigenvalue weighted by atomic mass is 9.73. The van der Waals surface area contributed by atoms with Gasteiger partial charge in [0.15, 0.2) is 0 Å². The fourth-order valence-electron chi connectivity index (χ4n) is 5.46. The zero-order valence-corrected chi connectivity index (χ0v) is 18.0. The SMILES string of the molecule is CC(=O)O.CCCC(=O)NC[C@H]1[C@H]2CN(Cc3cccc4nonc34)C[C@]23CC[C@H]1O3. The van der Waals surface area contributed by atoms with Crippen LogP contribution in [0.5, 0.6) is 0 Å². The molecule has 1 aromatic carbocycles. The van der Waals surface area contributed by atoms with Crippen molar-refractivity contribution in [1.29, 1.82) is 0 Å². The van der Waals surface area contributed by atoms with Crippen molar-refractivity contribution < 1.29 is 24.1 Å². The maximum Gasteiger partial charge on any atom is 0.300 e. The lowest BCUT2D eigenvalue weighted by Gasteiger charge is -2.29. The Balaban J connectivity index is 0.000000535. The molecule has 2 N–H and O–H groups in total. The number of carboxylic acids is 1. The Morgan fingerprint density at radius 2 is 2.16 bits per heavy atom. The van der Waals surface area contributed by atoms with Crippen molar-refractivity contribution in [3.63, 3.8) is 0 Å². The molecular formula is C22H30N4O5. The first kappa shape index (κ1) is 21.7. The smallest absolute Gasteiger partial charge is 0.300 e. The topological polar surface area (TPSA) is 118 Å². The quantitative estimate of drug-likeness (QED) is 0.716. The summed E-state index contributed by atoms with van der Waals surface area (Å²) in [5.41, 5.74) is 2.77. The second kappa shape index (κ2) is 8.92. The molecule has 1 aromatic heterocycles. The van der Waals surface area contributed by atoms with E-state index in [0.717, 1.165) is 69.0 Å². The normalized spacial score (nSPS) is 28.9. The number of benzene rings is 1. The van der Waals surface area contributed by atoms with Crippen LogP contribution in [0.3, 0.4) is 0 Å². The fourth-order valence-corrected chi connectivity index (χ4v) is 5.46. The lowest BCUT2D eigenvalue weighted by Crippen LogP contribution is -2.41. The summed E-state index contributed by atoms with van der Waals surface area (Å²) in [6, 6.07) is 6.02. The summed E-state index contributed by atoms with van der Waals surface area (Å²) in [4.78, 5) is 23.4. The molecule has 1 spiro atoms. The first-order valence-corrected chi connectivity index (χ1v) is 11.0. The second-order valence-electron chi connectivity index (χ2n) is 8.82. The van der Waals surface area contributed by atoms with Gasteiger partial charge in [-0.15, -0.1) is 0 Å². The molecule has 9 heteroatoms. The Morgan fingerprint density at radius 3 is 2.94 bits per heavy atom. The highest BCUT2D eigenvalue weighted by Crippen LogP contribution is 2.54. The molecule has 2 aromatic rings. The van der Waals surface area contributed by atoms with E-state index < -0.39 is 5.97 Å². The molecule has 0 radical (unpaired) electrons. The van der Waals surface area contributed by atoms with E-state index in [1.54, 1.807) is 0 Å². The molecular weight excluding hydrogens is 400 g/mol. The molecule has 2 bridgehead atoms. The summed E-state index contributed by atoms with van der Waals surface area (Å²) in [5, 5.41) is 18.6. The number of likely N-dealkylation sites (tertiary alicyclic amines) is 1. The van der Waals surface area contributed by atoms with Crippen LogP contribution in [0.1, 0.15) is 45.1 Å². The van der Waals surface area contributed by atoms with Crippen LogP contribution < -0.4 is 5.32 Å². The highest BCUT2D eigenvalue weighted by Gasteiger charge is 2.62. The number of hydrogen-bond donors (Lipinski definition) is 2. The Hall–Kier alpha value is -2.52. The minimum absolute atomic E-state index is 0.0270. The fraction of sp³-hybridized carbons (Fsp3) is 0.636. The van der Waals surface area contributed by atoms with Crippen LogP contribution in [-0.4, -0.2) is 63.5 Å². The van der Waals surface area contributed by atoms with E-state index in [1.165, 1.54) is 0 Å². The lowest BCUT2D eigenvalue weighted by molar-refractivity contribution is -0.134. The number of nitrogens with zero attached hydrogens (tertiary/aromatic N) is 3. The first-order chi connectivity index (χ1) is 14.9. The zero-order chi connectivity index (χ0) is 22.0. The van der Waals surface area contributed by atoms with Crippen LogP contribution in [-0.2, 0) is 20.9 Å². The largest absolute Gasteiger partial charge is 0.481 e. The summed E-state index contributed by atoms with van der Waals surface area (Å²) in [5.74, 6) is 0.247. The summed E-state index contributed by atoms with van der Waals surface area (Å²) in [6.45, 7) is 6.65. The van der Waals surface area contributed by atoms with Crippen molar-refractivity contribution in [2.75, 3.05) is 19.6 Å². The third-order valence-corrected chi connectivity index (χ3v) is 6.63. The van der Waals surface area contributed by atoms with Crippen LogP contribution in [0.2, 0.25) is 0 Å². The van der Waals surface area contributed by atoms with Crippen molar-refractivity contribution in [1.82, 2.24) is 20.5 Å². The third kappa shape index (κ3) is 4.43. The molecule has 5 rings (SSSR count). The van der Waals surface area contributed by atoms with Crippen molar-refractivity contribution in [3.8, 4) is 0 Å². The standard InChI is InChI=1S/C20H26N4O3.C2H4O2/c1-2-4-18(25)21-9-14-15-11-24(12-20(15)8-7-17(14)26-20)10-13-5-3-6-16-19(13)23-27-22-16;1-2(3)4/h3,5-6,14-15,17H,2,4,7-12H2,1H3,(H,21,25);1H3,(H,3,4)/t14-,15+,17+,20+;/m0./s1. The van der Waals surface area contributed by atoms with Crippen LogP contribution in [0, 0.1) is 11.8 Å². The maximum absolute atomic E-state index is 11.9. The number of fused-ring (bicyclic) bond motifs is 2. The molecule has 0 aliphatic carbocycles. The number of aromatic nitrogens is 2. The highest BCUT2D eigenvalue weighted by atomic mass is 16.6. The summed E-state index contributed by atoms with van der Waals surface area (Å²) >= 11 is 0. The maximum atomic E-state index is 11.9. The van der Waals surface area contributed by atoms with E-state index in [-0.39, 0.29) is 11.5 Å². The monoisotopic (exact) mass is 430 g/mol. The van der Waals surface area contributed by atoms with E-state index in [2.05, 4.69) is 26.6 Å². The van der Waals surface area contributed by atoms with Crippen LogP contribution >= 0.6 is 0 Å². The molecule has 3 saturated heterocycles. The average molecular weight is 431 g/mol. The third-order valence-electron chi connectivity index (χ3n) is 6.63. The predicted octanol–water partition coefficient (Wildman–Crippen LogP) is 2.21. The van der Waals surface area contributed by atoms with Gasteiger partial charge >= 0.3 is 0 Å². The van der Waals surface area contributed by atoms with Crippen molar-refractivity contribution >= 4 is 22.9 Å². The Bertz CT molecular complexity index is 943. The van der Waals surface area contributed by atoms with Gasteiger partial charge in [0.1, 0.15) is 11.0 Å². The highest BCUT2D eigenvalue weighted by molar-refractivity contribution is 5.76. The number of nitrogens with one attached hydrogen (secondary N) is 1. The van der Waals surface area contributed by atoms with Gasteiger partial charge in [-0.05, 0) is 41.2 Å². The predicted molar refractivity (Wildman–Crippen MR) is 112 cm³/mol. The van der Waals surface area contributed by atoms with Crippen molar-refractivity contribution in [2.45, 2.75) is 57.8 Å². The number of carbonyl (C=O) groups is 2. The van der Waals surface area contributed by atoms with E-state index >= 15 is 0 Å². The zero-order valence-electron chi connectivity index (χ0n) is 18.0. The molecule has 1 amide bonds. The minimum atomic E-state index is -0.833. The van der Waals surface area contributed by atoms with E-state index in [4.69, 9.17) is 19.3 Å². The summed E-state index contributed by atoms with van der Waals surface area (Å²) in [6.07, 6.45) is 4.05. The van der Waals surface area contributed by atoms with Crippen LogP contribution in [0.4, 0.5) is 0 Å². The van der Waals surface area contributed by atoms with Gasteiger partial charge < -0.3 is 15.2 Å². The number of aliphatic carboxylic acids is 1. The first-order valence-electron chi connectivity index (χ1n) is 11.0. The van der Waals surface area contributed by atoms with Gasteiger partial charge in [-0.3, -0.25) is 14.5 Å². The van der Waals surface area contributed by atoms with Crippen molar-refractivity contribution in [3.05, 3.63) is 23.8 Å². The van der Waals surface area contributed by atoms with Crippen LogP contribution in [0.25, 0.3) is 11.0 Å². The molecule has 4 atom stereocenters. The molecule has 168 valence electrons. The molecule has 0 unspecified atom stereocenters. The number of amides is 1. The summed E-state index contributed by atoms with van der Waals surface area (Å²) < 4.78 is 11.4. The number of hydrogen-bond acceptors (Lipinski definition) is 7. The summed E-state index contributed by atoms with van der Waals surface area (Å²) in [7, 11) is 0. The molecule has 0 saturated carbocycles. The number of carboxylic acid groups (broad SMARTS) is 1. The van der Waals surface area contributed by atoms with Crippen molar-refractivity contribution in [2.24, 2.45) is 11.8 Å². The van der Waals surface area contributed by atoms with Gasteiger partial charge in [-0.25, -0.2) is 4.63 Å². The van der Waals surface area contributed by atoms with Gasteiger partial charge in [0.2, 0.25) is 5.91 Å². The van der Waals surface area contributed by atoms with Gasteiger partial charge in [0.25, 0.3) is 5.97 Å². The van der Waals surface area contributed by atoms with Crippen LogP contribution in [0.15, 0.2) is 22.8 Å². The molecule has 3 aliphatic heterocycles. The van der Waals surface area contributed by atoms with Gasteiger partial charge in [-0.2, -0.15) is 0 Å². The number of rotatable bonds is 6. The van der Waals surface area contributed by atoms with E-state index in [9.17, 15) is 4.79 Å². The molecule has 4 heterocycles. The average Bonchev–Trinajstić information content (AvgIpc) is 3.46. The van der Waals surface area contributed by atoms with E-state index in [1.807, 2.05) is 19.1 Å². The van der Waals surface area contributed by atoms with Gasteiger partial charge in [0, 0.05) is 51.4 Å². The second-order valence-corrected chi connectivity index (χ2v) is 8.82. The number of ether oxygens (including phenoxy) is 1. The minimum Gasteiger partial charge on any atom is -0.481 e. The molecule has 3 aliphatic rings. The number of carbonyl (C=O) groups excluding carboxylic acids is 1. The van der Waals surface area contributed by atoms with Gasteiger partial charge in [-0.1, -0.05) is 19.1 Å². The Morgan fingerprint density at radius 1 is 1.35 bits per heavy atom. The molecule has 31 heavy (non-hydrogen) atoms. The molecule has 3 fully saturated rings. The van der Waals surface area contributed by atoms with E-state index in [0.29, 0.717) is 24.4 Å².